The van der Waals surface area contributed by atoms with E-state index in [0.717, 1.165) is 32.5 Å². The number of benzene rings is 1. The van der Waals surface area contributed by atoms with Crippen molar-refractivity contribution in [3.63, 3.8) is 0 Å². The van der Waals surface area contributed by atoms with Gasteiger partial charge in [0.05, 0.1) is 12.7 Å². The molecule has 1 atom stereocenters. The quantitative estimate of drug-likeness (QED) is 0.659. The normalized spacial score (nSPS) is 15.3. The molecule has 2 aromatic rings. The number of hydrogen-bond donors (Lipinski definition) is 2. The van der Waals surface area contributed by atoms with Crippen molar-refractivity contribution >= 4 is 17.3 Å². The topological polar surface area (TPSA) is 74.6 Å². The average Bonchev–Trinajstić information content (AvgIpc) is 3.00. The first-order valence-corrected chi connectivity index (χ1v) is 9.77. The second kappa shape index (κ2) is 11.1. The van der Waals surface area contributed by atoms with Crippen molar-refractivity contribution in [1.29, 1.82) is 0 Å². The van der Waals surface area contributed by atoms with Crippen LogP contribution in [0.15, 0.2) is 24.4 Å². The molecule has 3 N–H and O–H groups in total. The Morgan fingerprint density at radius 1 is 1.33 bits per heavy atom. The molecule has 1 aromatic heterocycles. The summed E-state index contributed by atoms with van der Waals surface area (Å²) in [6.07, 6.45) is 6.08. The minimum absolute atomic E-state index is 0.250. The highest BCUT2D eigenvalue weighted by Gasteiger charge is 2.15. The van der Waals surface area contributed by atoms with Crippen molar-refractivity contribution in [2.24, 2.45) is 5.73 Å². The Bertz CT molecular complexity index is 695. The van der Waals surface area contributed by atoms with E-state index in [9.17, 15) is 0 Å². The van der Waals surface area contributed by atoms with Crippen LogP contribution in [0.3, 0.4) is 0 Å². The molecule has 1 aromatic carbocycles. The number of nitrogens with two attached hydrogens (primary N) is 1. The van der Waals surface area contributed by atoms with Gasteiger partial charge in [0.1, 0.15) is 0 Å². The van der Waals surface area contributed by atoms with Crippen LogP contribution in [-0.4, -0.2) is 74.2 Å². The van der Waals surface area contributed by atoms with Gasteiger partial charge in [0.2, 0.25) is 6.41 Å². The number of rotatable bonds is 9. The monoisotopic (exact) mass is 374 g/mol. The number of fused-ring (bicyclic) bond motifs is 1. The number of aromatic amines is 1. The molecule has 150 valence electrons. The van der Waals surface area contributed by atoms with Crippen LogP contribution in [0.4, 0.5) is 0 Å². The van der Waals surface area contributed by atoms with Gasteiger partial charge in [-0.15, -0.1) is 0 Å². The zero-order valence-corrected chi connectivity index (χ0v) is 16.9. The summed E-state index contributed by atoms with van der Waals surface area (Å²) < 4.78 is 6.06. The van der Waals surface area contributed by atoms with Gasteiger partial charge in [0.25, 0.3) is 0 Å². The molecule has 2 heterocycles. The van der Waals surface area contributed by atoms with Crippen LogP contribution in [0, 0.1) is 0 Å². The van der Waals surface area contributed by atoms with Crippen LogP contribution in [0.5, 0.6) is 0 Å². The SMILES string of the molecule is CC(Cc1cccc2[nH]cc(CCN(C)C)c12)OCCN1CCC1.NC=O. The number of hydrogen-bond acceptors (Lipinski definition) is 4. The molecule has 3 rings (SSSR count). The molecule has 0 aliphatic carbocycles. The Morgan fingerprint density at radius 3 is 2.70 bits per heavy atom. The van der Waals surface area contributed by atoms with Crippen LogP contribution in [0.1, 0.15) is 24.5 Å². The average molecular weight is 375 g/mol. The molecular weight excluding hydrogens is 340 g/mol. The molecule has 1 fully saturated rings. The van der Waals surface area contributed by atoms with Gasteiger partial charge in [-0.3, -0.25) is 4.79 Å². The molecule has 0 spiro atoms. The van der Waals surface area contributed by atoms with Crippen molar-refractivity contribution in [2.45, 2.75) is 32.3 Å². The van der Waals surface area contributed by atoms with Gasteiger partial charge >= 0.3 is 0 Å². The Kier molecular flexibility index (Phi) is 8.78. The van der Waals surface area contributed by atoms with E-state index < -0.39 is 0 Å². The molecule has 27 heavy (non-hydrogen) atoms. The van der Waals surface area contributed by atoms with Gasteiger partial charge in [-0.2, -0.15) is 0 Å². The number of carbonyl (C=O) groups is 1. The second-order valence-electron chi connectivity index (χ2n) is 7.42. The summed E-state index contributed by atoms with van der Waals surface area (Å²) in [6.45, 7) is 7.68. The number of likely N-dealkylation sites (tertiary alicyclic amines) is 1. The summed E-state index contributed by atoms with van der Waals surface area (Å²) >= 11 is 0. The third-order valence-corrected chi connectivity index (χ3v) is 4.97. The second-order valence-corrected chi connectivity index (χ2v) is 7.42. The van der Waals surface area contributed by atoms with Crippen molar-refractivity contribution in [3.8, 4) is 0 Å². The molecule has 1 saturated heterocycles. The first-order valence-electron chi connectivity index (χ1n) is 9.77. The van der Waals surface area contributed by atoms with Gasteiger partial charge in [0.15, 0.2) is 0 Å². The highest BCUT2D eigenvalue weighted by Crippen LogP contribution is 2.25. The largest absolute Gasteiger partial charge is 0.377 e. The van der Waals surface area contributed by atoms with Crippen molar-refractivity contribution in [2.75, 3.05) is 46.9 Å². The highest BCUT2D eigenvalue weighted by molar-refractivity contribution is 5.86. The predicted molar refractivity (Wildman–Crippen MR) is 111 cm³/mol. The minimum atomic E-state index is 0.250. The van der Waals surface area contributed by atoms with Gasteiger partial charge in [-0.25, -0.2) is 0 Å². The third-order valence-electron chi connectivity index (χ3n) is 4.97. The molecule has 0 bridgehead atoms. The lowest BCUT2D eigenvalue weighted by molar-refractivity contribution is -0.106. The zero-order chi connectivity index (χ0) is 19.6. The maximum atomic E-state index is 8.58. The standard InChI is InChI=1S/C20H31N3O.CH3NO/c1-16(24-13-12-23-9-5-10-23)14-17-6-4-7-19-20(17)18(15-21-19)8-11-22(2)3;2-1-3/h4,6-7,15-16,21H,5,8-14H2,1-3H3;1H,(H2,2,3). The fraction of sp³-hybridized carbons (Fsp3) is 0.571. The van der Waals surface area contributed by atoms with E-state index in [0.29, 0.717) is 0 Å². The number of amides is 1. The Balaban J connectivity index is 0.000000817. The Hall–Kier alpha value is -1.89. The van der Waals surface area contributed by atoms with E-state index in [2.05, 4.69) is 65.9 Å². The maximum Gasteiger partial charge on any atom is 0.204 e. The van der Waals surface area contributed by atoms with Gasteiger partial charge in [-0.05, 0) is 70.6 Å². The summed E-state index contributed by atoms with van der Waals surface area (Å²) in [6, 6.07) is 6.58. The molecule has 6 heteroatoms. The lowest BCUT2D eigenvalue weighted by Crippen LogP contribution is -2.39. The molecule has 0 radical (unpaired) electrons. The number of aromatic nitrogens is 1. The number of nitrogens with one attached hydrogen (secondary N) is 1. The first-order chi connectivity index (χ1) is 13.0. The van der Waals surface area contributed by atoms with E-state index >= 15 is 0 Å². The molecule has 1 amide bonds. The summed E-state index contributed by atoms with van der Waals surface area (Å²) in [4.78, 5) is 16.7. The van der Waals surface area contributed by atoms with E-state index in [-0.39, 0.29) is 12.5 Å². The highest BCUT2D eigenvalue weighted by atomic mass is 16.5. The third kappa shape index (κ3) is 6.65. The molecule has 1 aliphatic rings. The predicted octanol–water partition coefficient (Wildman–Crippen LogP) is 2.03. The molecule has 6 nitrogen and oxygen atoms in total. The van der Waals surface area contributed by atoms with Crippen LogP contribution in [0.2, 0.25) is 0 Å². The van der Waals surface area contributed by atoms with Gasteiger partial charge in [-0.1, -0.05) is 12.1 Å². The Morgan fingerprint density at radius 2 is 2.07 bits per heavy atom. The van der Waals surface area contributed by atoms with E-state index in [1.807, 2.05) is 0 Å². The number of nitrogens with zero attached hydrogens (tertiary/aromatic N) is 2. The molecule has 0 saturated carbocycles. The van der Waals surface area contributed by atoms with Crippen LogP contribution >= 0.6 is 0 Å². The summed E-state index contributed by atoms with van der Waals surface area (Å²) in [5.74, 6) is 0. The molecule has 1 aliphatic heterocycles. The summed E-state index contributed by atoms with van der Waals surface area (Å²) in [7, 11) is 4.26. The fourth-order valence-electron chi connectivity index (χ4n) is 3.40. The minimum Gasteiger partial charge on any atom is -0.377 e. The van der Waals surface area contributed by atoms with Crippen molar-refractivity contribution in [1.82, 2.24) is 14.8 Å². The lowest BCUT2D eigenvalue weighted by Gasteiger charge is -2.30. The molecular formula is C21H34N4O2. The number of ether oxygens (including phenoxy) is 1. The number of primary amides is 1. The maximum absolute atomic E-state index is 8.58. The summed E-state index contributed by atoms with van der Waals surface area (Å²) in [5, 5.41) is 1.40. The smallest absolute Gasteiger partial charge is 0.204 e. The zero-order valence-electron chi connectivity index (χ0n) is 16.9. The number of likely N-dealkylation sites (N-methyl/N-ethyl adjacent to an activating group) is 1. The van der Waals surface area contributed by atoms with Crippen LogP contribution in [-0.2, 0) is 22.4 Å². The Labute approximate surface area is 162 Å². The van der Waals surface area contributed by atoms with Gasteiger partial charge < -0.3 is 25.3 Å². The first kappa shape index (κ1) is 21.4. The van der Waals surface area contributed by atoms with E-state index in [1.54, 1.807) is 0 Å². The van der Waals surface area contributed by atoms with Crippen molar-refractivity contribution in [3.05, 3.63) is 35.5 Å². The van der Waals surface area contributed by atoms with E-state index in [4.69, 9.17) is 9.53 Å². The molecule has 1 unspecified atom stereocenters. The van der Waals surface area contributed by atoms with Crippen LogP contribution < -0.4 is 5.73 Å². The number of H-pyrrole nitrogens is 1. The number of carbonyl (C=O) groups excluding carboxylic acids is 1. The van der Waals surface area contributed by atoms with Crippen molar-refractivity contribution < 1.29 is 9.53 Å². The summed E-state index contributed by atoms with van der Waals surface area (Å²) in [5.41, 5.74) is 8.23. The fourth-order valence-corrected chi connectivity index (χ4v) is 3.40. The van der Waals surface area contributed by atoms with E-state index in [1.165, 1.54) is 41.5 Å². The van der Waals surface area contributed by atoms with Crippen LogP contribution in [0.25, 0.3) is 10.9 Å². The lowest BCUT2D eigenvalue weighted by atomic mass is 10.00. The van der Waals surface area contributed by atoms with Gasteiger partial charge in [0, 0.05) is 30.2 Å².